The van der Waals surface area contributed by atoms with Gasteiger partial charge in [-0.05, 0) is 0 Å². The summed E-state index contributed by atoms with van der Waals surface area (Å²) in [5.74, 6) is 0. The highest BCUT2D eigenvalue weighted by atomic mass is 19.1. The molecule has 1 unspecified atom stereocenters. The normalized spacial score (nSPS) is 13.4. The van der Waals surface area contributed by atoms with Crippen molar-refractivity contribution < 1.29 is 24.1 Å². The molecule has 0 rings (SSSR count). The van der Waals surface area contributed by atoms with Gasteiger partial charge in [-0.25, -0.2) is 4.39 Å². The van der Waals surface area contributed by atoms with Crippen LogP contribution in [0.4, 0.5) is 4.39 Å². The molecule has 0 fully saturated rings. The average molecular weight is 168 g/mol. The summed E-state index contributed by atoms with van der Waals surface area (Å²) in [5.41, 5.74) is 0. The van der Waals surface area contributed by atoms with Crippen LogP contribution in [0.1, 0.15) is 0 Å². The molecule has 0 aliphatic heterocycles. The van der Waals surface area contributed by atoms with Crippen LogP contribution in [0.15, 0.2) is 0 Å². The van der Waals surface area contributed by atoms with Gasteiger partial charge in [0.1, 0.15) is 6.61 Å². The minimum Gasteiger partial charge on any atom is -0.394 e. The molecule has 5 heteroatoms. The first-order valence-corrected chi connectivity index (χ1v) is 3.36. The second kappa shape index (κ2) is 7.87. The number of hydrogen-bond acceptors (Lipinski definition) is 4. The van der Waals surface area contributed by atoms with Crippen LogP contribution < -0.4 is 0 Å². The number of rotatable bonds is 7. The average Bonchev–Trinajstić information content (AvgIpc) is 1.96. The highest BCUT2D eigenvalue weighted by Crippen LogP contribution is 1.85. The maximum absolute atomic E-state index is 11.6. The van der Waals surface area contributed by atoms with E-state index >= 15 is 0 Å². The lowest BCUT2D eigenvalue weighted by atomic mass is 10.7. The molecule has 0 aliphatic carbocycles. The summed E-state index contributed by atoms with van der Waals surface area (Å²) in [6, 6.07) is 0. The lowest BCUT2D eigenvalue weighted by Gasteiger charge is -2.04. The van der Waals surface area contributed by atoms with Gasteiger partial charge < -0.3 is 19.7 Å². The maximum atomic E-state index is 11.6. The molecule has 0 heterocycles. The van der Waals surface area contributed by atoms with Crippen molar-refractivity contribution in [3.63, 3.8) is 0 Å². The first kappa shape index (κ1) is 10.8. The molecule has 0 radical (unpaired) electrons. The molecule has 0 spiro atoms. The fourth-order valence-electron chi connectivity index (χ4n) is 0.465. The summed E-state index contributed by atoms with van der Waals surface area (Å²) in [6.07, 6.45) is -1.92. The van der Waals surface area contributed by atoms with E-state index in [9.17, 15) is 4.39 Å². The lowest BCUT2D eigenvalue weighted by Crippen LogP contribution is -2.13. The van der Waals surface area contributed by atoms with Crippen LogP contribution in [-0.2, 0) is 9.47 Å². The predicted octanol–water partition coefficient (Wildman–Crippen LogP) is -0.700. The SMILES string of the molecule is OCCOCCOCC(O)F. The fourth-order valence-corrected chi connectivity index (χ4v) is 0.465. The molecule has 0 bridgehead atoms. The zero-order valence-electron chi connectivity index (χ0n) is 6.20. The summed E-state index contributed by atoms with van der Waals surface area (Å²) in [4.78, 5) is 0. The van der Waals surface area contributed by atoms with E-state index in [0.717, 1.165) is 0 Å². The Hall–Kier alpha value is -0.230. The van der Waals surface area contributed by atoms with E-state index in [-0.39, 0.29) is 26.4 Å². The summed E-state index contributed by atoms with van der Waals surface area (Å²) < 4.78 is 21.0. The minimum absolute atomic E-state index is 0.0360. The molecule has 0 aromatic carbocycles. The Kier molecular flexibility index (Phi) is 7.71. The van der Waals surface area contributed by atoms with E-state index in [1.165, 1.54) is 0 Å². The van der Waals surface area contributed by atoms with Gasteiger partial charge in [0, 0.05) is 0 Å². The largest absolute Gasteiger partial charge is 0.394 e. The van der Waals surface area contributed by atoms with Crippen molar-refractivity contribution >= 4 is 0 Å². The van der Waals surface area contributed by atoms with Crippen molar-refractivity contribution in [2.24, 2.45) is 0 Å². The van der Waals surface area contributed by atoms with Gasteiger partial charge in [0.2, 0.25) is 6.36 Å². The summed E-state index contributed by atoms with van der Waals surface area (Å²) >= 11 is 0. The van der Waals surface area contributed by atoms with E-state index in [2.05, 4.69) is 4.74 Å². The highest BCUT2D eigenvalue weighted by molar-refractivity contribution is 4.34. The van der Waals surface area contributed by atoms with Gasteiger partial charge in [0.05, 0.1) is 26.4 Å². The van der Waals surface area contributed by atoms with Gasteiger partial charge in [-0.1, -0.05) is 0 Å². The number of aliphatic hydroxyl groups excluding tert-OH is 2. The smallest absolute Gasteiger partial charge is 0.220 e. The highest BCUT2D eigenvalue weighted by Gasteiger charge is 1.97. The predicted molar refractivity (Wildman–Crippen MR) is 35.8 cm³/mol. The van der Waals surface area contributed by atoms with Crippen molar-refractivity contribution in [2.45, 2.75) is 6.36 Å². The fraction of sp³-hybridized carbons (Fsp3) is 1.00. The van der Waals surface area contributed by atoms with Gasteiger partial charge >= 0.3 is 0 Å². The van der Waals surface area contributed by atoms with Gasteiger partial charge in [-0.15, -0.1) is 0 Å². The standard InChI is InChI=1S/C6H13FO4/c7-6(9)5-11-4-3-10-2-1-8/h6,8-9H,1-5H2. The van der Waals surface area contributed by atoms with E-state index in [1.807, 2.05) is 0 Å². The topological polar surface area (TPSA) is 58.9 Å². The van der Waals surface area contributed by atoms with Gasteiger partial charge in [-0.2, -0.15) is 0 Å². The van der Waals surface area contributed by atoms with E-state index < -0.39 is 6.36 Å². The molecule has 0 aromatic heterocycles. The van der Waals surface area contributed by atoms with Crippen LogP contribution in [0.2, 0.25) is 0 Å². The molecule has 2 N–H and O–H groups in total. The van der Waals surface area contributed by atoms with Gasteiger partial charge in [-0.3, -0.25) is 0 Å². The molecule has 0 saturated carbocycles. The van der Waals surface area contributed by atoms with Crippen molar-refractivity contribution in [1.29, 1.82) is 0 Å². The number of aliphatic hydroxyl groups is 2. The molecule has 11 heavy (non-hydrogen) atoms. The number of halogens is 1. The molecule has 4 nitrogen and oxygen atoms in total. The first-order chi connectivity index (χ1) is 5.27. The molecular formula is C6H13FO4. The molecule has 0 saturated heterocycles. The Labute approximate surface area is 64.5 Å². The Balaban J connectivity index is 2.80. The Morgan fingerprint density at radius 2 is 1.82 bits per heavy atom. The molecule has 68 valence electrons. The van der Waals surface area contributed by atoms with Crippen molar-refractivity contribution in [3.8, 4) is 0 Å². The number of hydrogen-bond donors (Lipinski definition) is 2. The molecule has 1 atom stereocenters. The number of ether oxygens (including phenoxy) is 2. The minimum atomic E-state index is -1.92. The van der Waals surface area contributed by atoms with Gasteiger partial charge in [0.25, 0.3) is 0 Å². The Morgan fingerprint density at radius 3 is 2.36 bits per heavy atom. The van der Waals surface area contributed by atoms with Crippen LogP contribution in [0, 0.1) is 0 Å². The summed E-state index contributed by atoms with van der Waals surface area (Å²) in [6.45, 7) is 0.407. The van der Waals surface area contributed by atoms with Crippen LogP contribution in [-0.4, -0.2) is 49.6 Å². The maximum Gasteiger partial charge on any atom is 0.220 e. The third-order valence-electron chi connectivity index (χ3n) is 0.863. The van der Waals surface area contributed by atoms with Crippen LogP contribution >= 0.6 is 0 Å². The summed E-state index contributed by atoms with van der Waals surface area (Å²) in [7, 11) is 0. The second-order valence-corrected chi connectivity index (χ2v) is 1.85. The molecule has 0 amide bonds. The third kappa shape index (κ3) is 9.77. The molecule has 0 aromatic rings. The van der Waals surface area contributed by atoms with Crippen molar-refractivity contribution in [1.82, 2.24) is 0 Å². The van der Waals surface area contributed by atoms with Gasteiger partial charge in [0.15, 0.2) is 0 Å². The first-order valence-electron chi connectivity index (χ1n) is 3.36. The van der Waals surface area contributed by atoms with Crippen molar-refractivity contribution in [3.05, 3.63) is 0 Å². The van der Waals surface area contributed by atoms with E-state index in [1.54, 1.807) is 0 Å². The zero-order chi connectivity index (χ0) is 8.53. The number of alkyl halides is 1. The Morgan fingerprint density at radius 1 is 1.18 bits per heavy atom. The van der Waals surface area contributed by atoms with E-state index in [0.29, 0.717) is 6.61 Å². The zero-order valence-corrected chi connectivity index (χ0v) is 6.20. The lowest BCUT2D eigenvalue weighted by molar-refractivity contribution is -0.0525. The molecular weight excluding hydrogens is 155 g/mol. The third-order valence-corrected chi connectivity index (χ3v) is 0.863. The monoisotopic (exact) mass is 168 g/mol. The molecule has 0 aliphatic rings. The summed E-state index contributed by atoms with van der Waals surface area (Å²) in [5, 5.41) is 16.3. The quantitative estimate of drug-likeness (QED) is 0.493. The van der Waals surface area contributed by atoms with E-state index in [4.69, 9.17) is 14.9 Å². The van der Waals surface area contributed by atoms with Crippen LogP contribution in [0.3, 0.4) is 0 Å². The van der Waals surface area contributed by atoms with Crippen molar-refractivity contribution in [2.75, 3.05) is 33.0 Å². The van der Waals surface area contributed by atoms with Crippen LogP contribution in [0.5, 0.6) is 0 Å². The second-order valence-electron chi connectivity index (χ2n) is 1.85. The Bertz CT molecular complexity index is 79.0. The van der Waals surface area contributed by atoms with Crippen LogP contribution in [0.25, 0.3) is 0 Å².